The lowest BCUT2D eigenvalue weighted by atomic mass is 9.80. The van der Waals surface area contributed by atoms with Crippen LogP contribution in [-0.2, 0) is 12.8 Å². The molecule has 32 heavy (non-hydrogen) atoms. The molecule has 2 nitrogen and oxygen atoms in total. The largest absolute Gasteiger partial charge is 0.301 e. The van der Waals surface area contributed by atoms with Crippen molar-refractivity contribution in [3.05, 3.63) is 59.7 Å². The highest BCUT2D eigenvalue weighted by atomic mass is 15.4. The molecule has 2 aromatic rings. The average molecular weight is 433 g/mol. The van der Waals surface area contributed by atoms with E-state index in [0.717, 1.165) is 35.0 Å². The standard InChI is InChI=1S/C30H44N2/c1-23-3-7-25(8-4-23)11-13-27-15-19-29(20-16-27)31-32-30-21-17-28(18-22-30)14-12-26-9-5-24(2)6-10-26/h15-26,31-32H,3-14H2,1-2H3. The number of rotatable bonds is 9. The van der Waals surface area contributed by atoms with Crippen molar-refractivity contribution in [2.24, 2.45) is 23.7 Å². The number of hydrazine groups is 1. The minimum atomic E-state index is 0.944. The first-order chi connectivity index (χ1) is 15.6. The second-order valence-electron chi connectivity index (χ2n) is 11.0. The van der Waals surface area contributed by atoms with Crippen LogP contribution in [0.3, 0.4) is 0 Å². The molecule has 0 radical (unpaired) electrons. The van der Waals surface area contributed by atoms with Crippen LogP contribution in [0.25, 0.3) is 0 Å². The SMILES string of the molecule is CC1CCC(CCc2ccc(NNc3ccc(CCC4CCC(C)CC4)cc3)cc2)CC1. The van der Waals surface area contributed by atoms with Crippen molar-refractivity contribution in [2.75, 3.05) is 10.9 Å². The van der Waals surface area contributed by atoms with Gasteiger partial charge in [0.15, 0.2) is 0 Å². The molecule has 2 saturated carbocycles. The number of nitrogens with one attached hydrogen (secondary N) is 2. The highest BCUT2D eigenvalue weighted by Crippen LogP contribution is 2.32. The predicted octanol–water partition coefficient (Wildman–Crippen LogP) is 8.64. The third kappa shape index (κ3) is 7.29. The summed E-state index contributed by atoms with van der Waals surface area (Å²) in [6, 6.07) is 17.9. The summed E-state index contributed by atoms with van der Waals surface area (Å²) in [5.41, 5.74) is 11.9. The number of anilines is 2. The van der Waals surface area contributed by atoms with Gasteiger partial charge in [0.1, 0.15) is 0 Å². The molecule has 0 aromatic heterocycles. The lowest BCUT2D eigenvalue weighted by Crippen LogP contribution is -2.13. The van der Waals surface area contributed by atoms with E-state index in [9.17, 15) is 0 Å². The average Bonchev–Trinajstić information content (AvgIpc) is 2.83. The van der Waals surface area contributed by atoms with E-state index in [0.29, 0.717) is 0 Å². The van der Waals surface area contributed by atoms with Crippen LogP contribution in [0.2, 0.25) is 0 Å². The van der Waals surface area contributed by atoms with Crippen molar-refractivity contribution in [3.8, 4) is 0 Å². The molecule has 0 heterocycles. The number of benzene rings is 2. The van der Waals surface area contributed by atoms with Gasteiger partial charge in [-0.1, -0.05) is 89.5 Å². The van der Waals surface area contributed by atoms with Gasteiger partial charge in [0, 0.05) is 0 Å². The maximum atomic E-state index is 3.36. The zero-order chi connectivity index (χ0) is 22.2. The van der Waals surface area contributed by atoms with Crippen LogP contribution >= 0.6 is 0 Å². The van der Waals surface area contributed by atoms with E-state index in [2.05, 4.69) is 73.2 Å². The molecule has 0 saturated heterocycles. The molecule has 2 aliphatic rings. The topological polar surface area (TPSA) is 24.1 Å². The second kappa shape index (κ2) is 11.8. The minimum Gasteiger partial charge on any atom is -0.301 e. The van der Waals surface area contributed by atoms with Crippen LogP contribution in [0.5, 0.6) is 0 Å². The van der Waals surface area contributed by atoms with Crippen LogP contribution in [0.1, 0.15) is 89.2 Å². The van der Waals surface area contributed by atoms with E-state index in [1.165, 1.54) is 88.2 Å². The van der Waals surface area contributed by atoms with Crippen LogP contribution < -0.4 is 10.9 Å². The summed E-state index contributed by atoms with van der Waals surface area (Å²) in [6.07, 6.45) is 16.6. The quantitative estimate of drug-likeness (QED) is 0.387. The first-order valence-electron chi connectivity index (χ1n) is 13.3. The molecular formula is C30H44N2. The lowest BCUT2D eigenvalue weighted by molar-refractivity contribution is 0.278. The smallest absolute Gasteiger partial charge is 0.0540 e. The zero-order valence-electron chi connectivity index (χ0n) is 20.4. The fraction of sp³-hybridized carbons (Fsp3) is 0.600. The van der Waals surface area contributed by atoms with Crippen molar-refractivity contribution in [3.63, 3.8) is 0 Å². The highest BCUT2D eigenvalue weighted by molar-refractivity contribution is 5.53. The molecule has 0 aliphatic heterocycles. The molecule has 0 bridgehead atoms. The maximum absolute atomic E-state index is 3.36. The van der Waals surface area contributed by atoms with Crippen molar-refractivity contribution in [1.82, 2.24) is 0 Å². The van der Waals surface area contributed by atoms with E-state index in [4.69, 9.17) is 0 Å². The molecule has 2 aromatic carbocycles. The van der Waals surface area contributed by atoms with Gasteiger partial charge in [-0.05, 0) is 84.7 Å². The van der Waals surface area contributed by atoms with Gasteiger partial charge in [-0.3, -0.25) is 0 Å². The Bertz CT molecular complexity index is 709. The van der Waals surface area contributed by atoms with Crippen LogP contribution in [0, 0.1) is 23.7 Å². The van der Waals surface area contributed by atoms with Gasteiger partial charge in [0.25, 0.3) is 0 Å². The zero-order valence-corrected chi connectivity index (χ0v) is 20.4. The number of hydrogen-bond acceptors (Lipinski definition) is 2. The molecule has 2 aliphatic carbocycles. The molecule has 174 valence electrons. The van der Waals surface area contributed by atoms with Crippen molar-refractivity contribution < 1.29 is 0 Å². The summed E-state index contributed by atoms with van der Waals surface area (Å²) >= 11 is 0. The Balaban J connectivity index is 1.16. The second-order valence-corrected chi connectivity index (χ2v) is 11.0. The molecule has 0 amide bonds. The number of aryl methyl sites for hydroxylation is 2. The summed E-state index contributed by atoms with van der Waals surface area (Å²) < 4.78 is 0. The first-order valence-corrected chi connectivity index (χ1v) is 13.3. The Hall–Kier alpha value is -1.96. The fourth-order valence-electron chi connectivity index (χ4n) is 5.63. The molecule has 0 atom stereocenters. The molecular weight excluding hydrogens is 388 g/mol. The molecule has 2 heteroatoms. The predicted molar refractivity (Wildman–Crippen MR) is 139 cm³/mol. The van der Waals surface area contributed by atoms with E-state index < -0.39 is 0 Å². The van der Waals surface area contributed by atoms with E-state index in [1.807, 2.05) is 0 Å². The van der Waals surface area contributed by atoms with Crippen molar-refractivity contribution in [1.29, 1.82) is 0 Å². The van der Waals surface area contributed by atoms with Gasteiger partial charge in [0.05, 0.1) is 11.4 Å². The monoisotopic (exact) mass is 432 g/mol. The van der Waals surface area contributed by atoms with Gasteiger partial charge in [-0.25, -0.2) is 0 Å². The number of hydrogen-bond donors (Lipinski definition) is 2. The molecule has 2 N–H and O–H groups in total. The summed E-state index contributed by atoms with van der Waals surface area (Å²) in [6.45, 7) is 4.81. The van der Waals surface area contributed by atoms with E-state index >= 15 is 0 Å². The minimum absolute atomic E-state index is 0.944. The first kappa shape index (κ1) is 23.2. The van der Waals surface area contributed by atoms with Crippen molar-refractivity contribution in [2.45, 2.75) is 90.9 Å². The highest BCUT2D eigenvalue weighted by Gasteiger charge is 2.18. The van der Waals surface area contributed by atoms with Gasteiger partial charge in [-0.2, -0.15) is 0 Å². The molecule has 4 rings (SSSR count). The molecule has 0 spiro atoms. The third-order valence-electron chi connectivity index (χ3n) is 8.21. The fourth-order valence-corrected chi connectivity index (χ4v) is 5.63. The Morgan fingerprint density at radius 2 is 0.875 bits per heavy atom. The van der Waals surface area contributed by atoms with Crippen LogP contribution in [0.4, 0.5) is 11.4 Å². The summed E-state index contributed by atoms with van der Waals surface area (Å²) in [5, 5.41) is 0. The molecule has 2 fully saturated rings. The van der Waals surface area contributed by atoms with Gasteiger partial charge < -0.3 is 10.9 Å². The van der Waals surface area contributed by atoms with Crippen LogP contribution in [0.15, 0.2) is 48.5 Å². The Morgan fingerprint density at radius 1 is 0.531 bits per heavy atom. The normalized spacial score (nSPS) is 25.9. The Labute approximate surface area is 196 Å². The van der Waals surface area contributed by atoms with Gasteiger partial charge in [0.2, 0.25) is 0 Å². The third-order valence-corrected chi connectivity index (χ3v) is 8.21. The van der Waals surface area contributed by atoms with E-state index in [1.54, 1.807) is 0 Å². The Morgan fingerprint density at radius 3 is 1.22 bits per heavy atom. The Kier molecular flexibility index (Phi) is 8.54. The van der Waals surface area contributed by atoms with Crippen molar-refractivity contribution >= 4 is 11.4 Å². The molecule has 0 unspecified atom stereocenters. The lowest BCUT2D eigenvalue weighted by Gasteiger charge is -2.26. The van der Waals surface area contributed by atoms with Crippen LogP contribution in [-0.4, -0.2) is 0 Å². The maximum Gasteiger partial charge on any atom is 0.0540 e. The summed E-state index contributed by atoms with van der Waals surface area (Å²) in [7, 11) is 0. The van der Waals surface area contributed by atoms with Gasteiger partial charge in [-0.15, -0.1) is 0 Å². The summed E-state index contributed by atoms with van der Waals surface area (Å²) in [5.74, 6) is 3.79. The summed E-state index contributed by atoms with van der Waals surface area (Å²) in [4.78, 5) is 0. The van der Waals surface area contributed by atoms with E-state index in [-0.39, 0.29) is 0 Å². The van der Waals surface area contributed by atoms with Gasteiger partial charge >= 0.3 is 0 Å².